The number of halogens is 2. The lowest BCUT2D eigenvalue weighted by atomic mass is 10.3. The third-order valence-electron chi connectivity index (χ3n) is 2.56. The number of hydrogen-bond donors (Lipinski definition) is 0. The van der Waals surface area contributed by atoms with Crippen molar-refractivity contribution in [3.63, 3.8) is 0 Å². The molecule has 0 saturated carbocycles. The second-order valence-electron chi connectivity index (χ2n) is 4.12. The first kappa shape index (κ1) is 15.0. The molecule has 0 unspecified atom stereocenters. The van der Waals surface area contributed by atoms with Crippen LogP contribution >= 0.6 is 31.9 Å². The van der Waals surface area contributed by atoms with Crippen LogP contribution in [0.3, 0.4) is 0 Å². The van der Waals surface area contributed by atoms with Gasteiger partial charge >= 0.3 is 0 Å². The van der Waals surface area contributed by atoms with Crippen molar-refractivity contribution in [1.29, 1.82) is 0 Å². The topological polar surface area (TPSA) is 12.5 Å². The summed E-state index contributed by atoms with van der Waals surface area (Å²) in [5, 5.41) is 1.00. The highest BCUT2D eigenvalue weighted by Crippen LogP contribution is 2.16. The molecule has 0 bridgehead atoms. The van der Waals surface area contributed by atoms with E-state index < -0.39 is 0 Å². The fourth-order valence-electron chi connectivity index (χ4n) is 1.55. The molecular formula is C13H19Br2NO. The van der Waals surface area contributed by atoms with Gasteiger partial charge in [-0.1, -0.05) is 31.9 Å². The van der Waals surface area contributed by atoms with Gasteiger partial charge in [0, 0.05) is 28.9 Å². The first-order valence-electron chi connectivity index (χ1n) is 5.82. The predicted molar refractivity (Wildman–Crippen MR) is 80.1 cm³/mol. The van der Waals surface area contributed by atoms with Gasteiger partial charge < -0.3 is 4.74 Å². The summed E-state index contributed by atoms with van der Waals surface area (Å²) in [6.45, 7) is 7.16. The molecule has 0 heterocycles. The Morgan fingerprint density at radius 3 is 2.35 bits per heavy atom. The van der Waals surface area contributed by atoms with Gasteiger partial charge in [0.2, 0.25) is 0 Å². The maximum Gasteiger partial charge on any atom is 0.119 e. The van der Waals surface area contributed by atoms with Crippen LogP contribution in [-0.2, 0) is 0 Å². The van der Waals surface area contributed by atoms with Crippen LogP contribution in [0.15, 0.2) is 28.7 Å². The van der Waals surface area contributed by atoms with Gasteiger partial charge in [0.25, 0.3) is 0 Å². The minimum atomic E-state index is 0.557. The van der Waals surface area contributed by atoms with Crippen molar-refractivity contribution in [2.75, 3.05) is 25.0 Å². The van der Waals surface area contributed by atoms with Gasteiger partial charge in [-0.2, -0.15) is 0 Å². The molecule has 2 nitrogen and oxygen atoms in total. The number of hydrogen-bond acceptors (Lipinski definition) is 2. The summed E-state index contributed by atoms with van der Waals surface area (Å²) in [6.07, 6.45) is 0. The van der Waals surface area contributed by atoms with Crippen molar-refractivity contribution in [3.05, 3.63) is 28.7 Å². The van der Waals surface area contributed by atoms with Crippen LogP contribution in [-0.4, -0.2) is 36.0 Å². The van der Waals surface area contributed by atoms with Gasteiger partial charge in [-0.3, -0.25) is 4.90 Å². The summed E-state index contributed by atoms with van der Waals surface area (Å²) in [5.74, 6) is 0.927. The third-order valence-corrected chi connectivity index (χ3v) is 3.45. The second-order valence-corrected chi connectivity index (χ2v) is 5.83. The Hall–Kier alpha value is -0.0600. The maximum atomic E-state index is 5.71. The Balaban J connectivity index is 2.33. The van der Waals surface area contributed by atoms with Crippen molar-refractivity contribution < 1.29 is 4.74 Å². The fraction of sp³-hybridized carbons (Fsp3) is 0.538. The highest BCUT2D eigenvalue weighted by atomic mass is 79.9. The minimum absolute atomic E-state index is 0.557. The quantitative estimate of drug-likeness (QED) is 0.679. The molecule has 1 aromatic carbocycles. The highest BCUT2D eigenvalue weighted by Gasteiger charge is 2.08. The van der Waals surface area contributed by atoms with Gasteiger partial charge in [0.05, 0.1) is 0 Å². The fourth-order valence-corrected chi connectivity index (χ4v) is 2.27. The minimum Gasteiger partial charge on any atom is -0.492 e. The molecule has 17 heavy (non-hydrogen) atoms. The number of benzene rings is 1. The van der Waals surface area contributed by atoms with E-state index in [1.54, 1.807) is 0 Å². The molecule has 1 aromatic rings. The molecule has 96 valence electrons. The number of rotatable bonds is 7. The Morgan fingerprint density at radius 2 is 1.82 bits per heavy atom. The molecule has 0 N–H and O–H groups in total. The normalized spacial score (nSPS) is 11.2. The molecule has 0 aliphatic rings. The van der Waals surface area contributed by atoms with Crippen molar-refractivity contribution in [1.82, 2.24) is 4.90 Å². The summed E-state index contributed by atoms with van der Waals surface area (Å²) in [6, 6.07) is 8.51. The average molecular weight is 365 g/mol. The van der Waals surface area contributed by atoms with E-state index in [0.29, 0.717) is 6.04 Å². The zero-order chi connectivity index (χ0) is 12.7. The van der Waals surface area contributed by atoms with E-state index in [2.05, 4.69) is 50.6 Å². The van der Waals surface area contributed by atoms with Crippen molar-refractivity contribution in [3.8, 4) is 5.75 Å². The zero-order valence-corrected chi connectivity index (χ0v) is 13.5. The lowest BCUT2D eigenvalue weighted by molar-refractivity contribution is 0.185. The van der Waals surface area contributed by atoms with Crippen LogP contribution < -0.4 is 4.74 Å². The molecule has 0 aliphatic carbocycles. The van der Waals surface area contributed by atoms with Gasteiger partial charge in [-0.25, -0.2) is 0 Å². The molecule has 0 aliphatic heterocycles. The molecule has 0 fully saturated rings. The van der Waals surface area contributed by atoms with Crippen LogP contribution in [0.25, 0.3) is 0 Å². The summed E-state index contributed by atoms with van der Waals surface area (Å²) < 4.78 is 6.79. The Morgan fingerprint density at radius 1 is 1.18 bits per heavy atom. The molecule has 0 saturated heterocycles. The Labute approximate surface area is 121 Å². The molecule has 0 spiro atoms. The van der Waals surface area contributed by atoms with E-state index in [1.807, 2.05) is 24.3 Å². The van der Waals surface area contributed by atoms with E-state index in [-0.39, 0.29) is 0 Å². The lowest BCUT2D eigenvalue weighted by Crippen LogP contribution is -2.36. The third kappa shape index (κ3) is 5.89. The largest absolute Gasteiger partial charge is 0.492 e. The van der Waals surface area contributed by atoms with Gasteiger partial charge in [0.1, 0.15) is 12.4 Å². The average Bonchev–Trinajstić information content (AvgIpc) is 2.30. The van der Waals surface area contributed by atoms with Crippen LogP contribution in [0.5, 0.6) is 5.75 Å². The number of nitrogens with zero attached hydrogens (tertiary/aromatic N) is 1. The SMILES string of the molecule is CC(C)N(CCBr)CCOc1ccc(Br)cc1. The molecule has 0 radical (unpaired) electrons. The highest BCUT2D eigenvalue weighted by molar-refractivity contribution is 9.10. The predicted octanol–water partition coefficient (Wildman–Crippen LogP) is 3.93. The zero-order valence-electron chi connectivity index (χ0n) is 10.3. The van der Waals surface area contributed by atoms with E-state index in [4.69, 9.17) is 4.74 Å². The molecule has 1 rings (SSSR count). The van der Waals surface area contributed by atoms with E-state index in [9.17, 15) is 0 Å². The van der Waals surface area contributed by atoms with Gasteiger partial charge in [0.15, 0.2) is 0 Å². The van der Waals surface area contributed by atoms with Crippen molar-refractivity contribution in [2.45, 2.75) is 19.9 Å². The van der Waals surface area contributed by atoms with E-state index >= 15 is 0 Å². The van der Waals surface area contributed by atoms with Crippen molar-refractivity contribution in [2.24, 2.45) is 0 Å². The number of ether oxygens (including phenoxy) is 1. The second kappa shape index (κ2) is 8.11. The van der Waals surface area contributed by atoms with Crippen LogP contribution in [0.1, 0.15) is 13.8 Å². The standard InChI is InChI=1S/C13H19Br2NO/c1-11(2)16(8-7-14)9-10-17-13-5-3-12(15)4-6-13/h3-6,11H,7-10H2,1-2H3. The van der Waals surface area contributed by atoms with E-state index in [1.165, 1.54) is 0 Å². The first-order chi connectivity index (χ1) is 8.13. The van der Waals surface area contributed by atoms with Crippen molar-refractivity contribution >= 4 is 31.9 Å². The molecule has 0 amide bonds. The monoisotopic (exact) mass is 363 g/mol. The summed E-state index contributed by atoms with van der Waals surface area (Å²) in [4.78, 5) is 2.40. The summed E-state index contributed by atoms with van der Waals surface area (Å²) in [7, 11) is 0. The van der Waals surface area contributed by atoms with Gasteiger partial charge in [-0.15, -0.1) is 0 Å². The maximum absolute atomic E-state index is 5.71. The van der Waals surface area contributed by atoms with E-state index in [0.717, 1.165) is 35.2 Å². The molecule has 4 heteroatoms. The molecule has 0 atom stereocenters. The van der Waals surface area contributed by atoms with Gasteiger partial charge in [-0.05, 0) is 38.1 Å². The first-order valence-corrected chi connectivity index (χ1v) is 7.73. The smallest absolute Gasteiger partial charge is 0.119 e. The van der Waals surface area contributed by atoms with Crippen LogP contribution in [0.4, 0.5) is 0 Å². The van der Waals surface area contributed by atoms with Crippen LogP contribution in [0.2, 0.25) is 0 Å². The molecule has 0 aromatic heterocycles. The summed E-state index contributed by atoms with van der Waals surface area (Å²) in [5.41, 5.74) is 0. The lowest BCUT2D eigenvalue weighted by Gasteiger charge is -2.25. The van der Waals surface area contributed by atoms with Crippen LogP contribution in [0, 0.1) is 0 Å². The Kier molecular flexibility index (Phi) is 7.16. The molecular weight excluding hydrogens is 346 g/mol. The number of alkyl halides is 1. The Bertz CT molecular complexity index is 314. The summed E-state index contributed by atoms with van der Waals surface area (Å²) >= 11 is 6.88.